The normalized spacial score (nSPS) is 11.6. The average Bonchev–Trinajstić information content (AvgIpc) is 2.65. The second-order valence-corrected chi connectivity index (χ2v) is 6.85. The van der Waals surface area contributed by atoms with Crippen LogP contribution in [0.25, 0.3) is 0 Å². The molecule has 154 valence electrons. The van der Waals surface area contributed by atoms with E-state index < -0.39 is 11.7 Å². The second-order valence-electron chi connectivity index (χ2n) is 6.85. The van der Waals surface area contributed by atoms with Gasteiger partial charge in [-0.05, 0) is 24.5 Å². The van der Waals surface area contributed by atoms with Crippen LogP contribution in [0.15, 0.2) is 30.5 Å². The van der Waals surface area contributed by atoms with Gasteiger partial charge in [-0.2, -0.15) is 18.2 Å². The van der Waals surface area contributed by atoms with E-state index in [2.05, 4.69) is 9.97 Å². The largest absolute Gasteiger partial charge is 0.493 e. The summed E-state index contributed by atoms with van der Waals surface area (Å²) >= 11 is 0. The van der Waals surface area contributed by atoms with Crippen molar-refractivity contribution in [3.63, 3.8) is 0 Å². The molecular formula is C20H26F3N3O2. The molecule has 0 saturated carbocycles. The maximum Gasteiger partial charge on any atom is 0.421 e. The fourth-order valence-corrected chi connectivity index (χ4v) is 2.36. The molecule has 2 aromatic rings. The molecule has 0 radical (unpaired) electrons. The Hall–Kier alpha value is -2.51. The second kappa shape index (κ2) is 9.61. The number of hydrogen-bond acceptors (Lipinski definition) is 5. The highest BCUT2D eigenvalue weighted by molar-refractivity contribution is 5.64. The fourth-order valence-electron chi connectivity index (χ4n) is 2.36. The van der Waals surface area contributed by atoms with Crippen LogP contribution in [0.3, 0.4) is 0 Å². The van der Waals surface area contributed by atoms with E-state index >= 15 is 0 Å². The lowest BCUT2D eigenvalue weighted by Crippen LogP contribution is -2.19. The van der Waals surface area contributed by atoms with E-state index in [0.717, 1.165) is 19.0 Å². The highest BCUT2D eigenvalue weighted by Gasteiger charge is 2.36. The number of rotatable bonds is 9. The molecule has 28 heavy (non-hydrogen) atoms. The molecule has 5 nitrogen and oxygen atoms in total. The SMILES string of the molecule is CCCCOc1ncc(C(F)(F)F)c(N(C)c2cccc(OCC(C)C)c2)n1. The number of hydrogen-bond donors (Lipinski definition) is 0. The minimum atomic E-state index is -4.59. The highest BCUT2D eigenvalue weighted by Crippen LogP contribution is 2.38. The molecule has 0 spiro atoms. The topological polar surface area (TPSA) is 47.5 Å². The number of benzene rings is 1. The third kappa shape index (κ3) is 6.00. The molecule has 0 atom stereocenters. The molecule has 0 saturated heterocycles. The number of anilines is 2. The first-order valence-corrected chi connectivity index (χ1v) is 9.26. The van der Waals surface area contributed by atoms with Gasteiger partial charge in [-0.3, -0.25) is 0 Å². The molecule has 1 aromatic carbocycles. The van der Waals surface area contributed by atoms with Crippen LogP contribution < -0.4 is 14.4 Å². The first kappa shape index (κ1) is 21.8. The Bertz CT molecular complexity index is 767. The van der Waals surface area contributed by atoms with Crippen LogP contribution in [-0.4, -0.2) is 30.2 Å². The maximum atomic E-state index is 13.5. The fraction of sp³-hybridized carbons (Fsp3) is 0.500. The van der Waals surface area contributed by atoms with Gasteiger partial charge in [0.25, 0.3) is 0 Å². The standard InChI is InChI=1S/C20H26F3N3O2/c1-5-6-10-27-19-24-12-17(20(21,22)23)18(25-19)26(4)15-8-7-9-16(11-15)28-13-14(2)3/h7-9,11-12,14H,5-6,10,13H2,1-4H3. The molecule has 0 aliphatic rings. The van der Waals surface area contributed by atoms with Crippen LogP contribution >= 0.6 is 0 Å². The summed E-state index contributed by atoms with van der Waals surface area (Å²) in [6.45, 7) is 6.90. The zero-order valence-electron chi connectivity index (χ0n) is 16.6. The van der Waals surface area contributed by atoms with Crippen LogP contribution in [-0.2, 0) is 6.18 Å². The molecule has 0 N–H and O–H groups in total. The zero-order chi connectivity index (χ0) is 20.7. The lowest BCUT2D eigenvalue weighted by atomic mass is 10.2. The molecule has 8 heteroatoms. The van der Waals surface area contributed by atoms with Crippen LogP contribution in [0, 0.1) is 5.92 Å². The highest BCUT2D eigenvalue weighted by atomic mass is 19.4. The number of ether oxygens (including phenoxy) is 2. The molecule has 0 aliphatic carbocycles. The average molecular weight is 397 g/mol. The van der Waals surface area contributed by atoms with Gasteiger partial charge in [0.2, 0.25) is 0 Å². The lowest BCUT2D eigenvalue weighted by molar-refractivity contribution is -0.137. The first-order valence-electron chi connectivity index (χ1n) is 9.26. The van der Waals surface area contributed by atoms with Gasteiger partial charge in [-0.25, -0.2) is 4.98 Å². The Kier molecular flexibility index (Phi) is 7.48. The van der Waals surface area contributed by atoms with Gasteiger partial charge in [0, 0.05) is 25.0 Å². The summed E-state index contributed by atoms with van der Waals surface area (Å²) in [5.41, 5.74) is -0.406. The minimum absolute atomic E-state index is 0.0736. The summed E-state index contributed by atoms with van der Waals surface area (Å²) in [5, 5.41) is 0. The summed E-state index contributed by atoms with van der Waals surface area (Å²) in [6.07, 6.45) is -2.15. The van der Waals surface area contributed by atoms with Crippen molar-refractivity contribution in [2.24, 2.45) is 5.92 Å². The molecule has 1 heterocycles. The molecular weight excluding hydrogens is 371 g/mol. The van der Waals surface area contributed by atoms with E-state index in [1.54, 1.807) is 24.3 Å². The monoisotopic (exact) mass is 397 g/mol. The molecule has 0 unspecified atom stereocenters. The van der Waals surface area contributed by atoms with Crippen molar-refractivity contribution in [2.75, 3.05) is 25.2 Å². The van der Waals surface area contributed by atoms with Crippen LogP contribution in [0.1, 0.15) is 39.2 Å². The summed E-state index contributed by atoms with van der Waals surface area (Å²) in [5.74, 6) is 0.651. The third-order valence-corrected chi connectivity index (χ3v) is 3.89. The third-order valence-electron chi connectivity index (χ3n) is 3.89. The number of unbranched alkanes of at least 4 members (excludes halogenated alkanes) is 1. The Morgan fingerprint density at radius 2 is 1.93 bits per heavy atom. The minimum Gasteiger partial charge on any atom is -0.493 e. The van der Waals surface area contributed by atoms with Gasteiger partial charge in [0.1, 0.15) is 11.3 Å². The summed E-state index contributed by atoms with van der Waals surface area (Å²) in [6, 6.07) is 6.80. The van der Waals surface area contributed by atoms with Crippen molar-refractivity contribution in [3.05, 3.63) is 36.0 Å². The van der Waals surface area contributed by atoms with E-state index in [4.69, 9.17) is 9.47 Å². The van der Waals surface area contributed by atoms with E-state index in [9.17, 15) is 13.2 Å². The van der Waals surface area contributed by atoms with Crippen molar-refractivity contribution < 1.29 is 22.6 Å². The van der Waals surface area contributed by atoms with Gasteiger partial charge < -0.3 is 14.4 Å². The molecule has 0 bridgehead atoms. The first-order chi connectivity index (χ1) is 13.2. The smallest absolute Gasteiger partial charge is 0.421 e. The Labute approximate surface area is 163 Å². The number of alkyl halides is 3. The number of aromatic nitrogens is 2. The number of nitrogens with zero attached hydrogens (tertiary/aromatic N) is 3. The van der Waals surface area contributed by atoms with Crippen LogP contribution in [0.5, 0.6) is 11.8 Å². The van der Waals surface area contributed by atoms with Gasteiger partial charge in [0.15, 0.2) is 5.82 Å². The van der Waals surface area contributed by atoms with Crippen molar-refractivity contribution >= 4 is 11.5 Å². The zero-order valence-corrected chi connectivity index (χ0v) is 16.6. The molecule has 1 aromatic heterocycles. The van der Waals surface area contributed by atoms with E-state index in [0.29, 0.717) is 30.6 Å². The predicted octanol–water partition coefficient (Wildman–Crippen LogP) is 5.48. The molecule has 0 amide bonds. The van der Waals surface area contributed by atoms with Crippen molar-refractivity contribution in [2.45, 2.75) is 39.8 Å². The summed E-state index contributed by atoms with van der Waals surface area (Å²) < 4.78 is 51.5. The van der Waals surface area contributed by atoms with E-state index in [1.165, 1.54) is 11.9 Å². The molecule has 0 fully saturated rings. The summed E-state index contributed by atoms with van der Waals surface area (Å²) in [4.78, 5) is 9.10. The van der Waals surface area contributed by atoms with Crippen LogP contribution in [0.2, 0.25) is 0 Å². The lowest BCUT2D eigenvalue weighted by Gasteiger charge is -2.23. The van der Waals surface area contributed by atoms with Gasteiger partial charge >= 0.3 is 12.2 Å². The van der Waals surface area contributed by atoms with Crippen molar-refractivity contribution in [3.8, 4) is 11.8 Å². The van der Waals surface area contributed by atoms with E-state index in [-0.39, 0.29) is 11.8 Å². The Balaban J connectivity index is 2.34. The van der Waals surface area contributed by atoms with Gasteiger partial charge in [0.05, 0.1) is 13.2 Å². The van der Waals surface area contributed by atoms with Crippen LogP contribution in [0.4, 0.5) is 24.7 Å². The van der Waals surface area contributed by atoms with Crippen molar-refractivity contribution in [1.82, 2.24) is 9.97 Å². The molecule has 0 aliphatic heterocycles. The van der Waals surface area contributed by atoms with Gasteiger partial charge in [-0.15, -0.1) is 0 Å². The number of halogens is 3. The Morgan fingerprint density at radius 1 is 1.18 bits per heavy atom. The van der Waals surface area contributed by atoms with E-state index in [1.807, 2.05) is 20.8 Å². The summed E-state index contributed by atoms with van der Waals surface area (Å²) in [7, 11) is 1.52. The predicted molar refractivity (Wildman–Crippen MR) is 102 cm³/mol. The quantitative estimate of drug-likeness (QED) is 0.525. The van der Waals surface area contributed by atoms with Crippen molar-refractivity contribution in [1.29, 1.82) is 0 Å². The maximum absolute atomic E-state index is 13.5. The Morgan fingerprint density at radius 3 is 2.57 bits per heavy atom. The van der Waals surface area contributed by atoms with Gasteiger partial charge in [-0.1, -0.05) is 33.3 Å². The molecule has 2 rings (SSSR count).